The Bertz CT molecular complexity index is 1650. The summed E-state index contributed by atoms with van der Waals surface area (Å²) in [6.07, 6.45) is 4.37. The van der Waals surface area contributed by atoms with Crippen LogP contribution < -0.4 is 9.64 Å². The summed E-state index contributed by atoms with van der Waals surface area (Å²) in [5, 5.41) is 10.6. The van der Waals surface area contributed by atoms with Gasteiger partial charge in [0.05, 0.1) is 36.4 Å². The van der Waals surface area contributed by atoms with E-state index in [2.05, 4.69) is 23.7 Å². The summed E-state index contributed by atoms with van der Waals surface area (Å²) < 4.78 is 37.1. The molecule has 0 saturated carbocycles. The molecule has 0 spiro atoms. The summed E-state index contributed by atoms with van der Waals surface area (Å²) in [6, 6.07) is 14.2. The summed E-state index contributed by atoms with van der Waals surface area (Å²) in [5.41, 5.74) is 4.67. The average molecular weight is 660 g/mol. The topological polar surface area (TPSA) is 107 Å². The smallest absolute Gasteiger partial charge is 0.337 e. The Balaban J connectivity index is 1.56. The van der Waals surface area contributed by atoms with Crippen molar-refractivity contribution in [1.29, 1.82) is 0 Å². The van der Waals surface area contributed by atoms with E-state index < -0.39 is 17.7 Å². The van der Waals surface area contributed by atoms with E-state index >= 15 is 0 Å². The van der Waals surface area contributed by atoms with Crippen LogP contribution >= 0.6 is 0 Å². The van der Waals surface area contributed by atoms with Gasteiger partial charge in [0.15, 0.2) is 6.10 Å². The molecule has 9 nitrogen and oxygen atoms in total. The first kappa shape index (κ1) is 35.0. The van der Waals surface area contributed by atoms with Gasteiger partial charge in [-0.15, -0.1) is 0 Å². The van der Waals surface area contributed by atoms with Crippen LogP contribution in [-0.2, 0) is 33.9 Å². The molecule has 1 fully saturated rings. The van der Waals surface area contributed by atoms with Crippen LogP contribution in [0.4, 0.5) is 10.1 Å². The van der Waals surface area contributed by atoms with E-state index in [0.29, 0.717) is 41.6 Å². The molecule has 0 bridgehead atoms. The molecule has 2 aromatic carbocycles. The van der Waals surface area contributed by atoms with E-state index in [0.717, 1.165) is 48.3 Å². The van der Waals surface area contributed by atoms with Crippen LogP contribution in [0.3, 0.4) is 0 Å². The number of nitrogens with zero attached hydrogens (tertiary/aromatic N) is 3. The zero-order valence-corrected chi connectivity index (χ0v) is 28.7. The van der Waals surface area contributed by atoms with Crippen molar-refractivity contribution in [2.24, 2.45) is 5.41 Å². The fraction of sp³-hybridized carbons (Fsp3) is 0.447. The van der Waals surface area contributed by atoms with Gasteiger partial charge in [0.25, 0.3) is 0 Å². The lowest BCUT2D eigenvalue weighted by Crippen LogP contribution is -2.39. The van der Waals surface area contributed by atoms with Crippen LogP contribution in [0.1, 0.15) is 82.0 Å². The Morgan fingerprint density at radius 2 is 1.75 bits per heavy atom. The summed E-state index contributed by atoms with van der Waals surface area (Å²) in [6.45, 7) is 14.2. The van der Waals surface area contributed by atoms with Crippen LogP contribution in [-0.4, -0.2) is 46.3 Å². The Kier molecular flexibility index (Phi) is 10.9. The molecule has 48 heavy (non-hydrogen) atoms. The Morgan fingerprint density at radius 3 is 2.35 bits per heavy atom. The van der Waals surface area contributed by atoms with E-state index in [1.54, 1.807) is 18.3 Å². The Hall–Kier alpha value is -4.28. The summed E-state index contributed by atoms with van der Waals surface area (Å²) in [7, 11) is 0. The van der Waals surface area contributed by atoms with Crippen LogP contribution in [0.5, 0.6) is 5.75 Å². The molecular weight excluding hydrogens is 613 g/mol. The lowest BCUT2D eigenvalue weighted by molar-refractivity contribution is -0.160. The number of anilines is 1. The number of ether oxygens (including phenoxy) is 3. The number of oxazole rings is 1. The fourth-order valence-corrected chi connectivity index (χ4v) is 5.95. The van der Waals surface area contributed by atoms with Gasteiger partial charge in [-0.05, 0) is 81.3 Å². The van der Waals surface area contributed by atoms with E-state index in [1.807, 2.05) is 52.0 Å². The lowest BCUT2D eigenvalue weighted by Gasteiger charge is -2.41. The maximum atomic E-state index is 13.3. The van der Waals surface area contributed by atoms with E-state index in [9.17, 15) is 14.3 Å². The third kappa shape index (κ3) is 8.99. The molecule has 1 atom stereocenters. The molecule has 1 aliphatic heterocycles. The number of carboxylic acids is 1. The molecule has 256 valence electrons. The Morgan fingerprint density at radius 1 is 1.06 bits per heavy atom. The van der Waals surface area contributed by atoms with Crippen LogP contribution in [0, 0.1) is 18.2 Å². The quantitative estimate of drug-likeness (QED) is 0.152. The van der Waals surface area contributed by atoms with Crippen molar-refractivity contribution in [2.75, 3.05) is 24.6 Å². The molecule has 5 rings (SSSR count). The predicted molar refractivity (Wildman–Crippen MR) is 181 cm³/mol. The van der Waals surface area contributed by atoms with Gasteiger partial charge in [-0.3, -0.25) is 4.98 Å². The molecule has 2 aromatic heterocycles. The van der Waals surface area contributed by atoms with Crippen molar-refractivity contribution < 1.29 is 32.9 Å². The molecule has 3 heterocycles. The second kappa shape index (κ2) is 14.9. The zero-order chi connectivity index (χ0) is 34.5. The number of pyridine rings is 1. The molecule has 0 radical (unpaired) electrons. The first-order valence-electron chi connectivity index (χ1n) is 16.4. The first-order chi connectivity index (χ1) is 22.8. The SMILES string of the molecule is Cc1nc(COCc2ncco2)c(-c2ccc(OCCc3ccc(F)cc3)cc2)c(N2CCC(C)(C)CC2)c1C(OC(C)(C)C)C(=O)O. The number of halogens is 1. The first-order valence-corrected chi connectivity index (χ1v) is 16.4. The zero-order valence-electron chi connectivity index (χ0n) is 28.7. The number of hydrogen-bond donors (Lipinski definition) is 1. The number of carbonyl (C=O) groups is 1. The normalized spacial score (nSPS) is 15.4. The number of rotatable bonds is 13. The van der Waals surface area contributed by atoms with E-state index in [1.165, 1.54) is 18.4 Å². The average Bonchev–Trinajstić information content (AvgIpc) is 3.55. The molecule has 0 amide bonds. The van der Waals surface area contributed by atoms with Gasteiger partial charge in [-0.1, -0.05) is 38.1 Å². The van der Waals surface area contributed by atoms with Crippen molar-refractivity contribution in [1.82, 2.24) is 9.97 Å². The largest absolute Gasteiger partial charge is 0.493 e. The van der Waals surface area contributed by atoms with Gasteiger partial charge in [0.1, 0.15) is 24.4 Å². The van der Waals surface area contributed by atoms with E-state index in [-0.39, 0.29) is 24.4 Å². The third-order valence-electron chi connectivity index (χ3n) is 8.53. The second-order valence-corrected chi connectivity index (χ2v) is 14.0. The number of aromatic nitrogens is 2. The highest BCUT2D eigenvalue weighted by Crippen LogP contribution is 2.45. The van der Waals surface area contributed by atoms with Gasteiger partial charge in [0.2, 0.25) is 5.89 Å². The molecule has 10 heteroatoms. The molecule has 4 aromatic rings. The number of aryl methyl sites for hydroxylation is 1. The molecule has 1 aliphatic rings. The maximum Gasteiger partial charge on any atom is 0.337 e. The lowest BCUT2D eigenvalue weighted by atomic mass is 9.81. The number of carboxylic acid groups (broad SMARTS) is 1. The highest BCUT2D eigenvalue weighted by atomic mass is 19.1. The number of aliphatic carboxylic acids is 1. The fourth-order valence-electron chi connectivity index (χ4n) is 5.95. The Labute approximate surface area is 282 Å². The van der Waals surface area contributed by atoms with Gasteiger partial charge in [0, 0.05) is 36.3 Å². The van der Waals surface area contributed by atoms with Crippen molar-refractivity contribution in [2.45, 2.75) is 85.7 Å². The monoisotopic (exact) mass is 659 g/mol. The van der Waals surface area contributed by atoms with Gasteiger partial charge in [-0.2, -0.15) is 0 Å². The number of piperidine rings is 1. The number of benzene rings is 2. The van der Waals surface area contributed by atoms with Crippen molar-refractivity contribution >= 4 is 11.7 Å². The summed E-state index contributed by atoms with van der Waals surface area (Å²) in [5.74, 6) is -0.200. The highest BCUT2D eigenvalue weighted by Gasteiger charge is 2.37. The standard InChI is InChI=1S/C38H46FN3O6/c1-25-32(35(36(43)44)48-37(2,3)4)34(42-19-16-38(5,6)17-20-42)33(30(41-25)23-45-24-31-40-18-22-47-31)27-9-13-29(14-10-27)46-21-15-26-7-11-28(39)12-8-26/h7-14,18,22,35H,15-17,19-21,23-24H2,1-6H3,(H,43,44). The minimum atomic E-state index is -1.24. The summed E-state index contributed by atoms with van der Waals surface area (Å²) >= 11 is 0. The molecule has 1 N–H and O–H groups in total. The van der Waals surface area contributed by atoms with Crippen LogP contribution in [0.15, 0.2) is 65.4 Å². The maximum absolute atomic E-state index is 13.3. The van der Waals surface area contributed by atoms with Gasteiger partial charge in [-0.25, -0.2) is 14.2 Å². The third-order valence-corrected chi connectivity index (χ3v) is 8.53. The minimum Gasteiger partial charge on any atom is -0.493 e. The van der Waals surface area contributed by atoms with E-state index in [4.69, 9.17) is 23.6 Å². The van der Waals surface area contributed by atoms with Crippen molar-refractivity contribution in [3.05, 3.63) is 95.2 Å². The highest BCUT2D eigenvalue weighted by molar-refractivity contribution is 5.88. The molecule has 0 aliphatic carbocycles. The predicted octanol–water partition coefficient (Wildman–Crippen LogP) is 8.09. The minimum absolute atomic E-state index is 0.152. The van der Waals surface area contributed by atoms with Crippen molar-refractivity contribution in [3.63, 3.8) is 0 Å². The molecule has 1 unspecified atom stereocenters. The van der Waals surface area contributed by atoms with Gasteiger partial charge < -0.3 is 28.6 Å². The van der Waals surface area contributed by atoms with Crippen LogP contribution in [0.2, 0.25) is 0 Å². The molecule has 1 saturated heterocycles. The van der Waals surface area contributed by atoms with Gasteiger partial charge >= 0.3 is 5.97 Å². The second-order valence-electron chi connectivity index (χ2n) is 14.0. The summed E-state index contributed by atoms with van der Waals surface area (Å²) in [4.78, 5) is 24.4. The number of hydrogen-bond acceptors (Lipinski definition) is 8. The van der Waals surface area contributed by atoms with Crippen LogP contribution in [0.25, 0.3) is 11.1 Å². The van der Waals surface area contributed by atoms with Crippen molar-refractivity contribution in [3.8, 4) is 16.9 Å². The molecular formula is C38H46FN3O6.